The van der Waals surface area contributed by atoms with E-state index in [1.165, 1.54) is 5.69 Å². The summed E-state index contributed by atoms with van der Waals surface area (Å²) < 4.78 is 5.13. The van der Waals surface area contributed by atoms with Gasteiger partial charge < -0.3 is 9.64 Å². The molecule has 0 heterocycles. The van der Waals surface area contributed by atoms with Gasteiger partial charge in [0.1, 0.15) is 5.75 Å². The Kier molecular flexibility index (Phi) is 5.99. The highest BCUT2D eigenvalue weighted by Crippen LogP contribution is 2.31. The standard InChI is InChI=1S/C18H22ClN3O/c1-5-22(6-2)15-8-9-17(13(3)11-15)21-20-14-7-10-18(23-4)16(19)12-14/h7-12H,5-6H2,1-4H3. The zero-order valence-corrected chi connectivity index (χ0v) is 14.8. The molecule has 0 spiro atoms. The smallest absolute Gasteiger partial charge is 0.137 e. The molecule has 2 rings (SSSR count). The van der Waals surface area contributed by atoms with Crippen molar-refractivity contribution in [3.05, 3.63) is 47.0 Å². The average molecular weight is 332 g/mol. The molecule has 0 saturated carbocycles. The van der Waals surface area contributed by atoms with Gasteiger partial charge in [-0.25, -0.2) is 0 Å². The van der Waals surface area contributed by atoms with Gasteiger partial charge in [-0.05, 0) is 62.7 Å². The summed E-state index contributed by atoms with van der Waals surface area (Å²) in [5.74, 6) is 0.630. The summed E-state index contributed by atoms with van der Waals surface area (Å²) in [7, 11) is 1.59. The number of nitrogens with zero attached hydrogens (tertiary/aromatic N) is 3. The Hall–Kier alpha value is -2.07. The SMILES string of the molecule is CCN(CC)c1ccc(N=Nc2ccc(OC)c(Cl)c2)c(C)c1. The van der Waals surface area contributed by atoms with Crippen molar-refractivity contribution >= 4 is 28.7 Å². The van der Waals surface area contributed by atoms with Crippen molar-refractivity contribution in [3.8, 4) is 5.75 Å². The number of azo groups is 1. The fourth-order valence-corrected chi connectivity index (χ4v) is 2.62. The molecule has 122 valence electrons. The van der Waals surface area contributed by atoms with Crippen molar-refractivity contribution in [1.29, 1.82) is 0 Å². The highest BCUT2D eigenvalue weighted by atomic mass is 35.5. The van der Waals surface area contributed by atoms with Gasteiger partial charge in [0.05, 0.1) is 23.5 Å². The van der Waals surface area contributed by atoms with Gasteiger partial charge in [0, 0.05) is 18.8 Å². The number of hydrogen-bond donors (Lipinski definition) is 0. The van der Waals surface area contributed by atoms with E-state index in [-0.39, 0.29) is 0 Å². The van der Waals surface area contributed by atoms with Crippen molar-refractivity contribution < 1.29 is 4.74 Å². The normalized spacial score (nSPS) is 11.0. The summed E-state index contributed by atoms with van der Waals surface area (Å²) in [6.45, 7) is 8.32. The number of hydrogen-bond acceptors (Lipinski definition) is 4. The molecule has 0 aliphatic rings. The van der Waals surface area contributed by atoms with Crippen molar-refractivity contribution in [3.63, 3.8) is 0 Å². The van der Waals surface area contributed by atoms with Gasteiger partial charge in [-0.3, -0.25) is 0 Å². The molecule has 5 heteroatoms. The van der Waals surface area contributed by atoms with Gasteiger partial charge >= 0.3 is 0 Å². The molecule has 0 bridgehead atoms. The Balaban J connectivity index is 2.21. The predicted octanol–water partition coefficient (Wildman–Crippen LogP) is 5.92. The van der Waals surface area contributed by atoms with Crippen LogP contribution in [-0.4, -0.2) is 20.2 Å². The van der Waals surface area contributed by atoms with E-state index >= 15 is 0 Å². The minimum atomic E-state index is 0.526. The van der Waals surface area contributed by atoms with Crippen molar-refractivity contribution in [1.82, 2.24) is 0 Å². The van der Waals surface area contributed by atoms with E-state index in [4.69, 9.17) is 16.3 Å². The van der Waals surface area contributed by atoms with Crippen LogP contribution in [0.4, 0.5) is 17.1 Å². The Labute approximate surface area is 142 Å². The zero-order valence-electron chi connectivity index (χ0n) is 14.0. The number of benzene rings is 2. The van der Waals surface area contributed by atoms with Crippen molar-refractivity contribution in [2.75, 3.05) is 25.1 Å². The van der Waals surface area contributed by atoms with E-state index in [2.05, 4.69) is 41.1 Å². The molecule has 0 radical (unpaired) electrons. The van der Waals surface area contributed by atoms with Crippen LogP contribution in [-0.2, 0) is 0 Å². The summed E-state index contributed by atoms with van der Waals surface area (Å²) in [4.78, 5) is 2.30. The highest BCUT2D eigenvalue weighted by molar-refractivity contribution is 6.32. The van der Waals surface area contributed by atoms with Crippen LogP contribution in [0.2, 0.25) is 5.02 Å². The fourth-order valence-electron chi connectivity index (χ4n) is 2.37. The van der Waals surface area contributed by atoms with Gasteiger partial charge in [0.25, 0.3) is 0 Å². The summed E-state index contributed by atoms with van der Waals surface area (Å²) in [6, 6.07) is 11.6. The lowest BCUT2D eigenvalue weighted by atomic mass is 10.1. The average Bonchev–Trinajstić information content (AvgIpc) is 2.55. The zero-order chi connectivity index (χ0) is 16.8. The van der Waals surface area contributed by atoms with Crippen LogP contribution in [0.5, 0.6) is 5.75 Å². The van der Waals surface area contributed by atoms with E-state index in [1.54, 1.807) is 19.2 Å². The topological polar surface area (TPSA) is 37.2 Å². The minimum Gasteiger partial charge on any atom is -0.495 e. The molecule has 23 heavy (non-hydrogen) atoms. The molecule has 0 aromatic heterocycles. The summed E-state index contributed by atoms with van der Waals surface area (Å²) >= 11 is 6.10. The van der Waals surface area contributed by atoms with Gasteiger partial charge in [-0.1, -0.05) is 11.6 Å². The van der Waals surface area contributed by atoms with Gasteiger partial charge in [0.15, 0.2) is 0 Å². The second-order valence-corrected chi connectivity index (χ2v) is 5.57. The number of aryl methyl sites for hydroxylation is 1. The van der Waals surface area contributed by atoms with Crippen LogP contribution in [0.1, 0.15) is 19.4 Å². The van der Waals surface area contributed by atoms with Crippen LogP contribution in [0.3, 0.4) is 0 Å². The number of anilines is 1. The fraction of sp³-hybridized carbons (Fsp3) is 0.333. The van der Waals surface area contributed by atoms with Crippen molar-refractivity contribution in [2.24, 2.45) is 10.2 Å². The molecule has 2 aromatic rings. The summed E-state index contributed by atoms with van der Waals surface area (Å²) in [5, 5.41) is 9.12. The molecule has 0 aliphatic carbocycles. The lowest BCUT2D eigenvalue weighted by Gasteiger charge is -2.21. The van der Waals surface area contributed by atoms with Crippen LogP contribution < -0.4 is 9.64 Å². The predicted molar refractivity (Wildman–Crippen MR) is 96.9 cm³/mol. The van der Waals surface area contributed by atoms with E-state index in [0.29, 0.717) is 16.5 Å². The second kappa shape index (κ2) is 7.97. The van der Waals surface area contributed by atoms with Crippen LogP contribution in [0.15, 0.2) is 46.6 Å². The Morgan fingerprint density at radius 2 is 1.78 bits per heavy atom. The number of ether oxygens (including phenoxy) is 1. The first-order valence-electron chi connectivity index (χ1n) is 7.69. The molecule has 0 amide bonds. The molecular formula is C18H22ClN3O. The molecule has 0 aliphatic heterocycles. The molecule has 0 atom stereocenters. The van der Waals surface area contributed by atoms with Gasteiger partial charge in [-0.15, -0.1) is 0 Å². The van der Waals surface area contributed by atoms with Gasteiger partial charge in [-0.2, -0.15) is 10.2 Å². The summed E-state index contributed by atoms with van der Waals surface area (Å²) in [5.41, 5.74) is 3.85. The molecule has 0 unspecified atom stereocenters. The van der Waals surface area contributed by atoms with E-state index in [0.717, 1.165) is 24.3 Å². The Bertz CT molecular complexity index is 697. The first-order chi connectivity index (χ1) is 11.1. The monoisotopic (exact) mass is 331 g/mol. The highest BCUT2D eigenvalue weighted by Gasteiger charge is 2.05. The third-order valence-corrected chi connectivity index (χ3v) is 4.01. The number of rotatable bonds is 6. The first-order valence-corrected chi connectivity index (χ1v) is 8.07. The second-order valence-electron chi connectivity index (χ2n) is 5.16. The van der Waals surface area contributed by atoms with Gasteiger partial charge in [0.2, 0.25) is 0 Å². The summed E-state index contributed by atoms with van der Waals surface area (Å²) in [6.07, 6.45) is 0. The lowest BCUT2D eigenvalue weighted by Crippen LogP contribution is -2.21. The maximum Gasteiger partial charge on any atom is 0.137 e. The molecular weight excluding hydrogens is 310 g/mol. The lowest BCUT2D eigenvalue weighted by molar-refractivity contribution is 0.415. The maximum absolute atomic E-state index is 6.10. The number of halogens is 1. The quantitative estimate of drug-likeness (QED) is 0.616. The van der Waals surface area contributed by atoms with E-state index < -0.39 is 0 Å². The molecule has 4 nitrogen and oxygen atoms in total. The largest absolute Gasteiger partial charge is 0.495 e. The third-order valence-electron chi connectivity index (χ3n) is 3.72. The van der Waals surface area contributed by atoms with Crippen LogP contribution in [0.25, 0.3) is 0 Å². The molecule has 0 N–H and O–H groups in total. The van der Waals surface area contributed by atoms with Crippen LogP contribution >= 0.6 is 11.6 Å². The Morgan fingerprint density at radius 3 is 2.35 bits per heavy atom. The number of methoxy groups -OCH3 is 1. The molecule has 0 saturated heterocycles. The minimum absolute atomic E-state index is 0.526. The Morgan fingerprint density at radius 1 is 1.04 bits per heavy atom. The van der Waals surface area contributed by atoms with Crippen molar-refractivity contribution in [2.45, 2.75) is 20.8 Å². The van der Waals surface area contributed by atoms with E-state index in [9.17, 15) is 0 Å². The third kappa shape index (κ3) is 4.23. The molecule has 0 fully saturated rings. The van der Waals surface area contributed by atoms with Crippen LogP contribution in [0, 0.1) is 6.92 Å². The maximum atomic E-state index is 6.10. The first kappa shape index (κ1) is 17.3. The van der Waals surface area contributed by atoms with E-state index in [1.807, 2.05) is 19.1 Å². The molecule has 2 aromatic carbocycles.